The predicted molar refractivity (Wildman–Crippen MR) is 129 cm³/mol. The number of hydrazone groups is 1. The van der Waals surface area contributed by atoms with Crippen LogP contribution in [-0.2, 0) is 4.79 Å². The van der Waals surface area contributed by atoms with Gasteiger partial charge in [0.2, 0.25) is 0 Å². The lowest BCUT2D eigenvalue weighted by Crippen LogP contribution is -2.20. The average molecular weight is 494 g/mol. The van der Waals surface area contributed by atoms with Crippen molar-refractivity contribution in [3.8, 4) is 17.1 Å². The lowest BCUT2D eigenvalue weighted by molar-refractivity contribution is -0.384. The number of benzene rings is 2. The number of carbonyl (C=O) groups is 1. The molecule has 4 rings (SSSR count). The molecular formula is C22H16ClN7O3S. The zero-order valence-corrected chi connectivity index (χ0v) is 19.0. The summed E-state index contributed by atoms with van der Waals surface area (Å²) in [5.41, 5.74) is 4.64. The molecule has 0 spiro atoms. The number of thioether (sulfide) groups is 1. The Morgan fingerprint density at radius 2 is 1.79 bits per heavy atom. The Balaban J connectivity index is 1.46. The minimum Gasteiger partial charge on any atom is -0.272 e. The summed E-state index contributed by atoms with van der Waals surface area (Å²) >= 11 is 7.24. The molecule has 2 aromatic heterocycles. The molecule has 0 aliphatic rings. The Bertz CT molecular complexity index is 1330. The van der Waals surface area contributed by atoms with Gasteiger partial charge in [0.15, 0.2) is 11.0 Å². The van der Waals surface area contributed by atoms with Crippen molar-refractivity contribution in [3.05, 3.63) is 93.8 Å². The van der Waals surface area contributed by atoms with Crippen molar-refractivity contribution in [2.75, 3.05) is 5.75 Å². The molecule has 12 heteroatoms. The van der Waals surface area contributed by atoms with Crippen molar-refractivity contribution in [2.24, 2.45) is 5.10 Å². The number of non-ortho nitro benzene ring substituents is 1. The van der Waals surface area contributed by atoms with E-state index in [9.17, 15) is 14.9 Å². The Labute approximate surface area is 202 Å². The molecule has 0 unspecified atom stereocenters. The molecule has 34 heavy (non-hydrogen) atoms. The van der Waals surface area contributed by atoms with Gasteiger partial charge < -0.3 is 0 Å². The second-order valence-electron chi connectivity index (χ2n) is 6.78. The highest BCUT2D eigenvalue weighted by molar-refractivity contribution is 7.99. The van der Waals surface area contributed by atoms with E-state index in [1.54, 1.807) is 24.5 Å². The molecule has 2 heterocycles. The minimum absolute atomic E-state index is 0.0199. The number of hydrogen-bond acceptors (Lipinski definition) is 8. The van der Waals surface area contributed by atoms with Crippen LogP contribution in [0.2, 0.25) is 5.02 Å². The van der Waals surface area contributed by atoms with E-state index in [0.717, 1.165) is 11.3 Å². The van der Waals surface area contributed by atoms with E-state index >= 15 is 0 Å². The first-order valence-electron chi connectivity index (χ1n) is 9.82. The maximum atomic E-state index is 12.3. The Morgan fingerprint density at radius 3 is 2.47 bits per heavy atom. The van der Waals surface area contributed by atoms with Gasteiger partial charge in [-0.3, -0.25) is 24.5 Å². The van der Waals surface area contributed by atoms with Gasteiger partial charge in [0.05, 0.1) is 16.9 Å². The van der Waals surface area contributed by atoms with Crippen LogP contribution < -0.4 is 5.43 Å². The number of nitro groups is 1. The first kappa shape index (κ1) is 23.1. The molecule has 0 radical (unpaired) electrons. The normalized spacial score (nSPS) is 11.0. The zero-order chi connectivity index (χ0) is 23.9. The number of aromatic nitrogens is 4. The van der Waals surface area contributed by atoms with E-state index in [0.29, 0.717) is 21.6 Å². The van der Waals surface area contributed by atoms with Gasteiger partial charge in [-0.1, -0.05) is 23.4 Å². The van der Waals surface area contributed by atoms with Gasteiger partial charge in [-0.15, -0.1) is 10.2 Å². The number of nitrogens with one attached hydrogen (secondary N) is 1. The number of nitrogens with zero attached hydrogens (tertiary/aromatic N) is 6. The molecular weight excluding hydrogens is 478 g/mol. The number of halogens is 1. The number of hydrogen-bond donors (Lipinski definition) is 1. The summed E-state index contributed by atoms with van der Waals surface area (Å²) in [4.78, 5) is 26.6. The number of amides is 1. The smallest absolute Gasteiger partial charge is 0.269 e. The summed E-state index contributed by atoms with van der Waals surface area (Å²) in [7, 11) is 0. The fourth-order valence-corrected chi connectivity index (χ4v) is 3.77. The third-order valence-electron chi connectivity index (χ3n) is 4.50. The lowest BCUT2D eigenvalue weighted by Gasteiger charge is -2.10. The number of nitro benzene ring substituents is 1. The maximum absolute atomic E-state index is 12.3. The number of rotatable bonds is 8. The Hall–Kier alpha value is -4.09. The highest BCUT2D eigenvalue weighted by Crippen LogP contribution is 2.28. The second-order valence-corrected chi connectivity index (χ2v) is 8.16. The fourth-order valence-electron chi connectivity index (χ4n) is 2.90. The topological polar surface area (TPSA) is 128 Å². The fraction of sp³-hybridized carbons (Fsp3) is 0.0455. The SMILES string of the molecule is O=C(CSc1nnc(-c2ccncc2)n1-c1ccc(Cl)cc1)NN=Cc1ccc([N+](=O)[O-])cc1. The van der Waals surface area contributed by atoms with Crippen LogP contribution in [0.25, 0.3) is 17.1 Å². The van der Waals surface area contributed by atoms with Crippen LogP contribution in [0.4, 0.5) is 5.69 Å². The van der Waals surface area contributed by atoms with Gasteiger partial charge in [-0.2, -0.15) is 5.10 Å². The third kappa shape index (κ3) is 5.63. The first-order valence-corrected chi connectivity index (χ1v) is 11.2. The molecule has 0 aliphatic carbocycles. The summed E-state index contributed by atoms with van der Waals surface area (Å²) in [5.74, 6) is 0.294. The van der Waals surface area contributed by atoms with Crippen LogP contribution >= 0.6 is 23.4 Å². The van der Waals surface area contributed by atoms with Gasteiger partial charge in [-0.05, 0) is 54.1 Å². The van der Waals surface area contributed by atoms with Crippen LogP contribution in [0.5, 0.6) is 0 Å². The largest absolute Gasteiger partial charge is 0.272 e. The molecule has 0 atom stereocenters. The molecule has 170 valence electrons. The van der Waals surface area contributed by atoms with E-state index in [1.807, 2.05) is 28.8 Å². The predicted octanol–water partition coefficient (Wildman–Crippen LogP) is 4.13. The van der Waals surface area contributed by atoms with Crippen LogP contribution in [0.1, 0.15) is 5.56 Å². The van der Waals surface area contributed by atoms with Gasteiger partial charge in [-0.25, -0.2) is 5.43 Å². The van der Waals surface area contributed by atoms with Crippen molar-refractivity contribution in [2.45, 2.75) is 5.16 Å². The molecule has 2 aromatic carbocycles. The number of pyridine rings is 1. The zero-order valence-electron chi connectivity index (χ0n) is 17.4. The van der Waals surface area contributed by atoms with Crippen LogP contribution in [0, 0.1) is 10.1 Å². The summed E-state index contributed by atoms with van der Waals surface area (Å²) in [6.07, 6.45) is 4.74. The van der Waals surface area contributed by atoms with Crippen LogP contribution in [-0.4, -0.2) is 42.5 Å². The Kier molecular flexibility index (Phi) is 7.25. The van der Waals surface area contributed by atoms with Gasteiger partial charge in [0, 0.05) is 40.8 Å². The Morgan fingerprint density at radius 1 is 1.09 bits per heavy atom. The summed E-state index contributed by atoms with van der Waals surface area (Å²) in [6.45, 7) is 0. The molecule has 1 N–H and O–H groups in total. The van der Waals surface area contributed by atoms with E-state index in [4.69, 9.17) is 11.6 Å². The lowest BCUT2D eigenvalue weighted by atomic mass is 10.2. The molecule has 0 fully saturated rings. The third-order valence-corrected chi connectivity index (χ3v) is 5.68. The maximum Gasteiger partial charge on any atom is 0.269 e. The average Bonchev–Trinajstić information content (AvgIpc) is 3.28. The van der Waals surface area contributed by atoms with Crippen LogP contribution in [0.3, 0.4) is 0 Å². The van der Waals surface area contributed by atoms with Crippen molar-refractivity contribution in [3.63, 3.8) is 0 Å². The summed E-state index contributed by atoms with van der Waals surface area (Å²) < 4.78 is 1.84. The molecule has 0 bridgehead atoms. The molecule has 1 amide bonds. The first-order chi connectivity index (χ1) is 16.5. The van der Waals surface area contributed by atoms with Crippen molar-refractivity contribution >= 4 is 41.2 Å². The van der Waals surface area contributed by atoms with E-state index in [-0.39, 0.29) is 17.3 Å². The van der Waals surface area contributed by atoms with Crippen molar-refractivity contribution in [1.29, 1.82) is 0 Å². The van der Waals surface area contributed by atoms with Crippen molar-refractivity contribution in [1.82, 2.24) is 25.2 Å². The van der Waals surface area contributed by atoms with Crippen LogP contribution in [0.15, 0.2) is 83.3 Å². The quantitative estimate of drug-likeness (QED) is 0.169. The highest BCUT2D eigenvalue weighted by Gasteiger charge is 2.17. The van der Waals surface area contributed by atoms with Crippen molar-refractivity contribution < 1.29 is 9.72 Å². The highest BCUT2D eigenvalue weighted by atomic mass is 35.5. The minimum atomic E-state index is -0.483. The molecule has 4 aromatic rings. The van der Waals surface area contributed by atoms with Gasteiger partial charge in [0.25, 0.3) is 11.6 Å². The monoisotopic (exact) mass is 493 g/mol. The van der Waals surface area contributed by atoms with Gasteiger partial charge in [0.1, 0.15) is 0 Å². The molecule has 0 aliphatic heterocycles. The molecule has 10 nitrogen and oxygen atoms in total. The standard InChI is InChI=1S/C22H16ClN7O3S/c23-17-3-7-18(8-4-17)29-21(16-9-11-24-12-10-16)27-28-22(29)34-14-20(31)26-25-13-15-1-5-19(6-2-15)30(32)33/h1-13H,14H2,(H,26,31). The molecule has 0 saturated heterocycles. The van der Waals surface area contributed by atoms with E-state index in [2.05, 4.69) is 25.7 Å². The molecule has 0 saturated carbocycles. The van der Waals surface area contributed by atoms with Gasteiger partial charge >= 0.3 is 0 Å². The summed E-state index contributed by atoms with van der Waals surface area (Å²) in [6, 6.07) is 16.7. The second kappa shape index (κ2) is 10.7. The number of carbonyl (C=O) groups excluding carboxylic acids is 1. The van der Waals surface area contributed by atoms with E-state index < -0.39 is 4.92 Å². The van der Waals surface area contributed by atoms with E-state index in [1.165, 1.54) is 42.2 Å². The summed E-state index contributed by atoms with van der Waals surface area (Å²) in [5, 5.41) is 24.3.